The van der Waals surface area contributed by atoms with Gasteiger partial charge in [0, 0.05) is 19.3 Å². The summed E-state index contributed by atoms with van der Waals surface area (Å²) in [6.07, 6.45) is 1.02. The minimum atomic E-state index is -0.610. The van der Waals surface area contributed by atoms with Gasteiger partial charge < -0.3 is 19.9 Å². The van der Waals surface area contributed by atoms with Gasteiger partial charge in [0.1, 0.15) is 0 Å². The van der Waals surface area contributed by atoms with Crippen LogP contribution in [-0.4, -0.2) is 28.6 Å². The molecule has 1 atom stereocenters. The van der Waals surface area contributed by atoms with E-state index in [-0.39, 0.29) is 6.79 Å². The van der Waals surface area contributed by atoms with E-state index in [0.717, 1.165) is 11.3 Å². The summed E-state index contributed by atoms with van der Waals surface area (Å²) in [5, 5.41) is 21.0. The highest BCUT2D eigenvalue weighted by Crippen LogP contribution is 2.34. The van der Waals surface area contributed by atoms with Gasteiger partial charge >= 0.3 is 0 Å². The van der Waals surface area contributed by atoms with Crippen molar-refractivity contribution in [3.05, 3.63) is 47.8 Å². The van der Waals surface area contributed by atoms with Crippen molar-refractivity contribution < 1.29 is 14.6 Å². The lowest BCUT2D eigenvalue weighted by Gasteiger charge is -2.12. The molecule has 1 aliphatic heterocycles. The van der Waals surface area contributed by atoms with Gasteiger partial charge in [-0.3, -0.25) is 0 Å². The molecule has 0 aliphatic carbocycles. The van der Waals surface area contributed by atoms with Crippen LogP contribution in [0.25, 0.3) is 0 Å². The summed E-state index contributed by atoms with van der Waals surface area (Å²) >= 11 is 0. The Kier molecular flexibility index (Phi) is 3.76. The molecule has 6 nitrogen and oxygen atoms in total. The Morgan fingerprint density at radius 3 is 3.00 bits per heavy atom. The van der Waals surface area contributed by atoms with Gasteiger partial charge in [0.15, 0.2) is 11.5 Å². The molecular weight excluding hydrogens is 258 g/mol. The van der Waals surface area contributed by atoms with E-state index in [9.17, 15) is 5.11 Å². The van der Waals surface area contributed by atoms with Crippen molar-refractivity contribution in [2.45, 2.75) is 12.6 Å². The number of ether oxygens (including phenoxy) is 2. The Bertz CT molecular complexity index is 577. The van der Waals surface area contributed by atoms with E-state index >= 15 is 0 Å². The van der Waals surface area contributed by atoms with Gasteiger partial charge in [0.05, 0.1) is 11.8 Å². The van der Waals surface area contributed by atoms with Crippen LogP contribution in [-0.2, 0) is 6.54 Å². The molecule has 0 fully saturated rings. The summed E-state index contributed by atoms with van der Waals surface area (Å²) in [4.78, 5) is 0. The molecule has 2 N–H and O–H groups in total. The van der Waals surface area contributed by atoms with E-state index in [1.165, 1.54) is 0 Å². The number of nitrogens with zero attached hydrogens (tertiary/aromatic N) is 2. The molecular formula is C14H15N3O3. The van der Waals surface area contributed by atoms with Crippen molar-refractivity contribution in [1.29, 1.82) is 0 Å². The zero-order valence-corrected chi connectivity index (χ0v) is 10.8. The molecule has 6 heteroatoms. The van der Waals surface area contributed by atoms with Crippen LogP contribution < -0.4 is 14.8 Å². The van der Waals surface area contributed by atoms with Crippen LogP contribution in [0, 0.1) is 0 Å². The topological polar surface area (TPSA) is 76.5 Å². The van der Waals surface area contributed by atoms with E-state index in [2.05, 4.69) is 15.5 Å². The molecule has 1 aromatic carbocycles. The van der Waals surface area contributed by atoms with Crippen LogP contribution in [0.1, 0.15) is 17.4 Å². The van der Waals surface area contributed by atoms with Gasteiger partial charge in [-0.15, -0.1) is 0 Å². The quantitative estimate of drug-likeness (QED) is 0.847. The highest BCUT2D eigenvalue weighted by atomic mass is 16.7. The first kappa shape index (κ1) is 12.8. The van der Waals surface area contributed by atoms with Crippen LogP contribution in [0.3, 0.4) is 0 Å². The molecule has 1 unspecified atom stereocenters. The molecule has 3 rings (SSSR count). The highest BCUT2D eigenvalue weighted by Gasteiger charge is 2.16. The summed E-state index contributed by atoms with van der Waals surface area (Å²) in [5.74, 6) is 1.39. The van der Waals surface area contributed by atoms with Crippen molar-refractivity contribution >= 4 is 0 Å². The predicted octanol–water partition coefficient (Wildman–Crippen LogP) is 1.03. The molecule has 0 amide bonds. The Hall–Kier alpha value is -2.18. The van der Waals surface area contributed by atoms with Gasteiger partial charge in [0.2, 0.25) is 6.79 Å². The minimum absolute atomic E-state index is 0.236. The molecule has 0 saturated carbocycles. The molecule has 1 aliphatic rings. The van der Waals surface area contributed by atoms with Gasteiger partial charge in [-0.25, -0.2) is 0 Å². The fourth-order valence-corrected chi connectivity index (χ4v) is 2.00. The molecule has 2 aromatic rings. The maximum atomic E-state index is 10.1. The average Bonchev–Trinajstić information content (AvgIpc) is 2.95. The fourth-order valence-electron chi connectivity index (χ4n) is 2.00. The largest absolute Gasteiger partial charge is 0.454 e. The van der Waals surface area contributed by atoms with E-state index in [1.807, 2.05) is 24.3 Å². The Labute approximate surface area is 116 Å². The summed E-state index contributed by atoms with van der Waals surface area (Å²) < 4.78 is 10.5. The molecule has 0 spiro atoms. The average molecular weight is 273 g/mol. The number of aliphatic hydroxyl groups is 1. The van der Waals surface area contributed by atoms with E-state index < -0.39 is 6.10 Å². The second kappa shape index (κ2) is 5.85. The van der Waals surface area contributed by atoms with Crippen molar-refractivity contribution in [3.63, 3.8) is 0 Å². The SMILES string of the molecule is OC(CNCc1cccnn1)c1ccc2c(c1)OCO2. The van der Waals surface area contributed by atoms with Gasteiger partial charge in [0.25, 0.3) is 0 Å². The van der Waals surface area contributed by atoms with Crippen LogP contribution in [0.5, 0.6) is 11.5 Å². The summed E-state index contributed by atoms with van der Waals surface area (Å²) in [5.41, 5.74) is 1.63. The fraction of sp³-hybridized carbons (Fsp3) is 0.286. The molecule has 104 valence electrons. The van der Waals surface area contributed by atoms with Crippen LogP contribution in [0.15, 0.2) is 36.5 Å². The number of hydrogen-bond acceptors (Lipinski definition) is 6. The van der Waals surface area contributed by atoms with Gasteiger partial charge in [-0.05, 0) is 29.8 Å². The van der Waals surface area contributed by atoms with Crippen molar-refractivity contribution in [3.8, 4) is 11.5 Å². The van der Waals surface area contributed by atoms with Crippen LogP contribution in [0.4, 0.5) is 0 Å². The third-order valence-corrected chi connectivity index (χ3v) is 3.05. The maximum absolute atomic E-state index is 10.1. The number of nitrogens with one attached hydrogen (secondary N) is 1. The lowest BCUT2D eigenvalue weighted by molar-refractivity contribution is 0.170. The monoisotopic (exact) mass is 273 g/mol. The number of hydrogen-bond donors (Lipinski definition) is 2. The summed E-state index contributed by atoms with van der Waals surface area (Å²) in [6, 6.07) is 9.16. The first-order valence-corrected chi connectivity index (χ1v) is 6.38. The van der Waals surface area contributed by atoms with E-state index in [1.54, 1.807) is 12.3 Å². The third-order valence-electron chi connectivity index (χ3n) is 3.05. The summed E-state index contributed by atoms with van der Waals surface area (Å²) in [6.45, 7) is 1.23. The number of rotatable bonds is 5. The minimum Gasteiger partial charge on any atom is -0.454 e. The van der Waals surface area contributed by atoms with Crippen molar-refractivity contribution in [2.24, 2.45) is 0 Å². The Morgan fingerprint density at radius 2 is 2.15 bits per heavy atom. The molecule has 20 heavy (non-hydrogen) atoms. The van der Waals surface area contributed by atoms with Crippen molar-refractivity contribution in [1.82, 2.24) is 15.5 Å². The van der Waals surface area contributed by atoms with E-state index in [4.69, 9.17) is 9.47 Å². The summed E-state index contributed by atoms with van der Waals surface area (Å²) in [7, 11) is 0. The third kappa shape index (κ3) is 2.87. The number of fused-ring (bicyclic) bond motifs is 1. The lowest BCUT2D eigenvalue weighted by Crippen LogP contribution is -2.21. The molecule has 0 bridgehead atoms. The second-order valence-electron chi connectivity index (χ2n) is 4.47. The Morgan fingerprint density at radius 1 is 1.25 bits per heavy atom. The van der Waals surface area contributed by atoms with Crippen molar-refractivity contribution in [2.75, 3.05) is 13.3 Å². The first-order chi connectivity index (χ1) is 9.83. The molecule has 2 heterocycles. The first-order valence-electron chi connectivity index (χ1n) is 6.38. The van der Waals surface area contributed by atoms with Gasteiger partial charge in [-0.2, -0.15) is 10.2 Å². The molecule has 0 saturated heterocycles. The normalized spacial score (nSPS) is 14.2. The predicted molar refractivity (Wildman–Crippen MR) is 71.3 cm³/mol. The molecule has 0 radical (unpaired) electrons. The maximum Gasteiger partial charge on any atom is 0.231 e. The van der Waals surface area contributed by atoms with Gasteiger partial charge in [-0.1, -0.05) is 6.07 Å². The zero-order valence-electron chi connectivity index (χ0n) is 10.8. The van der Waals surface area contributed by atoms with Crippen LogP contribution >= 0.6 is 0 Å². The smallest absolute Gasteiger partial charge is 0.231 e. The molecule has 1 aromatic heterocycles. The Balaban J connectivity index is 1.55. The standard InChI is InChI=1S/C14H15N3O3/c18-12(8-15-7-11-2-1-5-16-17-11)10-3-4-13-14(6-10)20-9-19-13/h1-6,12,15,18H,7-9H2. The zero-order chi connectivity index (χ0) is 13.8. The number of aliphatic hydroxyl groups excluding tert-OH is 1. The van der Waals surface area contributed by atoms with E-state index in [0.29, 0.717) is 24.6 Å². The van der Waals surface area contributed by atoms with Crippen LogP contribution in [0.2, 0.25) is 0 Å². The number of benzene rings is 1. The number of aromatic nitrogens is 2. The lowest BCUT2D eigenvalue weighted by atomic mass is 10.1. The highest BCUT2D eigenvalue weighted by molar-refractivity contribution is 5.45. The second-order valence-corrected chi connectivity index (χ2v) is 4.47.